The lowest BCUT2D eigenvalue weighted by Gasteiger charge is -2.20. The molecule has 2 unspecified atom stereocenters. The van der Waals surface area contributed by atoms with Gasteiger partial charge in [0.05, 0.1) is 12.6 Å². The van der Waals surface area contributed by atoms with Gasteiger partial charge < -0.3 is 20.2 Å². The summed E-state index contributed by atoms with van der Waals surface area (Å²) in [6.07, 6.45) is 3.04. The molecule has 1 aliphatic heterocycles. The number of aliphatic hydroxyl groups is 1. The van der Waals surface area contributed by atoms with Crippen LogP contribution in [0.3, 0.4) is 0 Å². The fourth-order valence-electron chi connectivity index (χ4n) is 2.21. The zero-order valence-electron chi connectivity index (χ0n) is 13.1. The van der Waals surface area contributed by atoms with Gasteiger partial charge in [-0.2, -0.15) is 0 Å². The molecule has 1 saturated heterocycles. The van der Waals surface area contributed by atoms with Crippen LogP contribution in [-0.4, -0.2) is 73.7 Å². The average molecular weight is 273 g/mol. The summed E-state index contributed by atoms with van der Waals surface area (Å²) in [6.45, 7) is 5.88. The first kappa shape index (κ1) is 18.4. The maximum Gasteiger partial charge on any atom is 0.239 e. The summed E-state index contributed by atoms with van der Waals surface area (Å²) in [6, 6.07) is 0.434. The lowest BCUT2D eigenvalue weighted by Crippen LogP contribution is -2.42. The Morgan fingerprint density at radius 2 is 1.84 bits per heavy atom. The van der Waals surface area contributed by atoms with Gasteiger partial charge in [0, 0.05) is 26.7 Å². The Morgan fingerprint density at radius 3 is 2.37 bits per heavy atom. The first-order valence-corrected chi connectivity index (χ1v) is 7.31. The van der Waals surface area contributed by atoms with E-state index in [0.29, 0.717) is 12.6 Å². The monoisotopic (exact) mass is 273 g/mol. The molecular formula is C14H31N3O2. The number of likely N-dealkylation sites (N-methyl/N-ethyl adjacent to an activating group) is 2. The second-order valence-corrected chi connectivity index (χ2v) is 5.04. The fraction of sp³-hybridized carbons (Fsp3) is 0.929. The van der Waals surface area contributed by atoms with Crippen LogP contribution in [0.5, 0.6) is 0 Å². The van der Waals surface area contributed by atoms with Gasteiger partial charge in [0.1, 0.15) is 0 Å². The highest BCUT2D eigenvalue weighted by atomic mass is 16.3. The quantitative estimate of drug-likeness (QED) is 0.741. The van der Waals surface area contributed by atoms with Crippen molar-refractivity contribution in [1.82, 2.24) is 15.1 Å². The van der Waals surface area contributed by atoms with Crippen LogP contribution in [0.4, 0.5) is 0 Å². The minimum atomic E-state index is -0.00171. The molecule has 0 aromatic rings. The van der Waals surface area contributed by atoms with Crippen LogP contribution in [0.2, 0.25) is 0 Å². The van der Waals surface area contributed by atoms with Crippen molar-refractivity contribution < 1.29 is 9.90 Å². The van der Waals surface area contributed by atoms with Crippen molar-refractivity contribution in [2.24, 2.45) is 0 Å². The van der Waals surface area contributed by atoms with Crippen molar-refractivity contribution in [1.29, 1.82) is 0 Å². The number of hydrogen-bond acceptors (Lipinski definition) is 4. The predicted octanol–water partition coefficient (Wildman–Crippen LogP) is 0.536. The third kappa shape index (κ3) is 6.89. The van der Waals surface area contributed by atoms with Gasteiger partial charge in [-0.15, -0.1) is 0 Å². The molecule has 0 radical (unpaired) electrons. The normalized spacial score (nSPS) is 22.1. The lowest BCUT2D eigenvalue weighted by atomic mass is 10.1. The van der Waals surface area contributed by atoms with Crippen LogP contribution in [0.25, 0.3) is 0 Å². The number of hydrogen-bond donors (Lipinski definition) is 2. The van der Waals surface area contributed by atoms with Crippen molar-refractivity contribution in [3.8, 4) is 0 Å². The number of carbonyl (C=O) groups excluding carboxylic acids is 1. The molecule has 1 fully saturated rings. The largest absolute Gasteiger partial charge is 0.395 e. The van der Waals surface area contributed by atoms with Crippen LogP contribution >= 0.6 is 0 Å². The van der Waals surface area contributed by atoms with Gasteiger partial charge in [0.25, 0.3) is 0 Å². The molecule has 5 nitrogen and oxygen atoms in total. The Kier molecular flexibility index (Phi) is 9.83. The molecule has 1 heterocycles. The highest BCUT2D eigenvalue weighted by Gasteiger charge is 2.29. The van der Waals surface area contributed by atoms with E-state index in [1.807, 2.05) is 20.9 Å². The van der Waals surface area contributed by atoms with Gasteiger partial charge in [0.15, 0.2) is 0 Å². The van der Waals surface area contributed by atoms with E-state index in [2.05, 4.69) is 10.2 Å². The van der Waals surface area contributed by atoms with Gasteiger partial charge in [0.2, 0.25) is 5.91 Å². The van der Waals surface area contributed by atoms with E-state index in [9.17, 15) is 4.79 Å². The van der Waals surface area contributed by atoms with Crippen molar-refractivity contribution in [3.63, 3.8) is 0 Å². The Morgan fingerprint density at radius 1 is 1.21 bits per heavy atom. The number of carbonyl (C=O) groups is 1. The number of amides is 1. The zero-order valence-corrected chi connectivity index (χ0v) is 13.1. The van der Waals surface area contributed by atoms with E-state index in [1.165, 1.54) is 0 Å². The topological polar surface area (TPSA) is 55.8 Å². The predicted molar refractivity (Wildman–Crippen MR) is 79.2 cm³/mol. The number of aliphatic hydroxyl groups excluding tert-OH is 1. The number of nitrogens with zero attached hydrogens (tertiary/aromatic N) is 2. The highest BCUT2D eigenvalue weighted by molar-refractivity contribution is 5.81. The van der Waals surface area contributed by atoms with Gasteiger partial charge in [-0.1, -0.05) is 13.8 Å². The SMILES string of the molecule is CC.CN(CCO)CCC1CCC(C(=O)N(C)C)N1. The van der Waals surface area contributed by atoms with Gasteiger partial charge in [-0.05, 0) is 32.9 Å². The molecule has 1 amide bonds. The molecule has 0 spiro atoms. The molecule has 2 atom stereocenters. The second-order valence-electron chi connectivity index (χ2n) is 5.04. The summed E-state index contributed by atoms with van der Waals surface area (Å²) >= 11 is 0. The summed E-state index contributed by atoms with van der Waals surface area (Å²) in [5, 5.41) is 12.2. The van der Waals surface area contributed by atoms with Crippen LogP contribution in [0, 0.1) is 0 Å². The molecule has 1 rings (SSSR count). The lowest BCUT2D eigenvalue weighted by molar-refractivity contribution is -0.130. The van der Waals surface area contributed by atoms with E-state index in [-0.39, 0.29) is 18.6 Å². The van der Waals surface area contributed by atoms with Crippen molar-refractivity contribution >= 4 is 5.91 Å². The summed E-state index contributed by atoms with van der Waals surface area (Å²) in [4.78, 5) is 15.5. The van der Waals surface area contributed by atoms with E-state index in [1.54, 1.807) is 19.0 Å². The second kappa shape index (κ2) is 10.2. The third-order valence-electron chi connectivity index (χ3n) is 3.32. The zero-order chi connectivity index (χ0) is 14.8. The smallest absolute Gasteiger partial charge is 0.239 e. The molecular weight excluding hydrogens is 242 g/mol. The maximum atomic E-state index is 11.8. The molecule has 0 aliphatic carbocycles. The van der Waals surface area contributed by atoms with Crippen LogP contribution in [0.1, 0.15) is 33.1 Å². The molecule has 0 bridgehead atoms. The first-order chi connectivity index (χ1) is 9.04. The van der Waals surface area contributed by atoms with E-state index >= 15 is 0 Å². The Hall–Kier alpha value is -0.650. The van der Waals surface area contributed by atoms with Crippen LogP contribution in [0.15, 0.2) is 0 Å². The van der Waals surface area contributed by atoms with E-state index in [4.69, 9.17) is 5.11 Å². The van der Waals surface area contributed by atoms with Gasteiger partial charge in [-0.25, -0.2) is 0 Å². The molecule has 19 heavy (non-hydrogen) atoms. The Labute approximate surface area is 118 Å². The van der Waals surface area contributed by atoms with Crippen molar-refractivity contribution in [2.45, 2.75) is 45.2 Å². The maximum absolute atomic E-state index is 11.8. The molecule has 0 aromatic carbocycles. The van der Waals surface area contributed by atoms with Gasteiger partial charge >= 0.3 is 0 Å². The highest BCUT2D eigenvalue weighted by Crippen LogP contribution is 2.16. The minimum Gasteiger partial charge on any atom is -0.395 e. The van der Waals surface area contributed by atoms with E-state index in [0.717, 1.165) is 25.8 Å². The van der Waals surface area contributed by atoms with Crippen molar-refractivity contribution in [3.05, 3.63) is 0 Å². The minimum absolute atomic E-state index is 0.00171. The summed E-state index contributed by atoms with van der Waals surface area (Å²) in [5.41, 5.74) is 0. The Bertz CT molecular complexity index is 247. The average Bonchev–Trinajstić information content (AvgIpc) is 2.87. The molecule has 114 valence electrons. The molecule has 2 N–H and O–H groups in total. The molecule has 0 aromatic heterocycles. The Balaban J connectivity index is 0.00000154. The molecule has 5 heteroatoms. The fourth-order valence-corrected chi connectivity index (χ4v) is 2.21. The van der Waals surface area contributed by atoms with Crippen LogP contribution < -0.4 is 5.32 Å². The van der Waals surface area contributed by atoms with E-state index < -0.39 is 0 Å². The van der Waals surface area contributed by atoms with Crippen molar-refractivity contribution in [2.75, 3.05) is 40.8 Å². The molecule has 1 aliphatic rings. The first-order valence-electron chi connectivity index (χ1n) is 7.31. The summed E-state index contributed by atoms with van der Waals surface area (Å²) < 4.78 is 0. The summed E-state index contributed by atoms with van der Waals surface area (Å²) in [5.74, 6) is 0.177. The standard InChI is InChI=1S/C12H25N3O2.C2H6/c1-14(2)12(17)11-5-4-10(13-11)6-7-15(3)8-9-16;1-2/h10-11,13,16H,4-9H2,1-3H3;1-2H3. The number of rotatable bonds is 6. The summed E-state index contributed by atoms with van der Waals surface area (Å²) in [7, 11) is 5.60. The third-order valence-corrected chi connectivity index (χ3v) is 3.32. The van der Waals surface area contributed by atoms with Gasteiger partial charge in [-0.3, -0.25) is 4.79 Å². The van der Waals surface area contributed by atoms with Crippen LogP contribution in [-0.2, 0) is 4.79 Å². The number of nitrogens with one attached hydrogen (secondary N) is 1. The molecule has 0 saturated carbocycles.